The standard InChI is InChI=1S/C13H15NO2/c15-13(14-10-5-6-10)12-11-4-2-1-3-9(11)7-8-16-12/h1-4,10,12H,5-8H2,(H,14,15). The molecule has 1 N–H and O–H groups in total. The van der Waals surface area contributed by atoms with Crippen LogP contribution >= 0.6 is 0 Å². The maximum Gasteiger partial charge on any atom is 0.253 e. The van der Waals surface area contributed by atoms with E-state index in [0.29, 0.717) is 12.6 Å². The average molecular weight is 217 g/mol. The second-order valence-electron chi connectivity index (χ2n) is 4.48. The van der Waals surface area contributed by atoms with E-state index >= 15 is 0 Å². The Hall–Kier alpha value is -1.35. The van der Waals surface area contributed by atoms with Gasteiger partial charge in [0.15, 0.2) is 6.10 Å². The van der Waals surface area contributed by atoms with Crippen LogP contribution in [0.3, 0.4) is 0 Å². The van der Waals surface area contributed by atoms with E-state index in [0.717, 1.165) is 24.8 Å². The van der Waals surface area contributed by atoms with Crippen LogP contribution in [0.4, 0.5) is 0 Å². The Kier molecular flexibility index (Phi) is 2.40. The zero-order chi connectivity index (χ0) is 11.0. The summed E-state index contributed by atoms with van der Waals surface area (Å²) in [5, 5.41) is 3.00. The number of rotatable bonds is 2. The van der Waals surface area contributed by atoms with Crippen molar-refractivity contribution in [3.05, 3.63) is 35.4 Å². The molecule has 1 amide bonds. The molecule has 0 aromatic heterocycles. The van der Waals surface area contributed by atoms with Gasteiger partial charge in [0.1, 0.15) is 0 Å². The van der Waals surface area contributed by atoms with Crippen molar-refractivity contribution in [1.82, 2.24) is 5.32 Å². The molecular formula is C13H15NO2. The SMILES string of the molecule is O=C(NC1CC1)C1OCCc2ccccc21. The van der Waals surface area contributed by atoms with Gasteiger partial charge < -0.3 is 10.1 Å². The molecule has 0 radical (unpaired) electrons. The molecule has 0 bridgehead atoms. The summed E-state index contributed by atoms with van der Waals surface area (Å²) in [5.41, 5.74) is 2.27. The number of carbonyl (C=O) groups excluding carboxylic acids is 1. The second-order valence-corrected chi connectivity index (χ2v) is 4.48. The lowest BCUT2D eigenvalue weighted by Crippen LogP contribution is -2.34. The number of hydrogen-bond acceptors (Lipinski definition) is 2. The maximum atomic E-state index is 12.0. The molecule has 16 heavy (non-hydrogen) atoms. The number of carbonyl (C=O) groups is 1. The zero-order valence-electron chi connectivity index (χ0n) is 9.11. The highest BCUT2D eigenvalue weighted by Crippen LogP contribution is 2.28. The van der Waals surface area contributed by atoms with Crippen LogP contribution in [0.1, 0.15) is 30.1 Å². The highest BCUT2D eigenvalue weighted by molar-refractivity contribution is 5.83. The van der Waals surface area contributed by atoms with Crippen molar-refractivity contribution < 1.29 is 9.53 Å². The lowest BCUT2D eigenvalue weighted by Gasteiger charge is -2.25. The summed E-state index contributed by atoms with van der Waals surface area (Å²) < 4.78 is 5.58. The Morgan fingerprint density at radius 1 is 1.31 bits per heavy atom. The third-order valence-electron chi connectivity index (χ3n) is 3.16. The van der Waals surface area contributed by atoms with Crippen LogP contribution < -0.4 is 5.32 Å². The van der Waals surface area contributed by atoms with Gasteiger partial charge in [0.2, 0.25) is 0 Å². The third-order valence-corrected chi connectivity index (χ3v) is 3.16. The molecule has 2 aliphatic rings. The Balaban J connectivity index is 1.82. The Labute approximate surface area is 94.8 Å². The van der Waals surface area contributed by atoms with Crippen LogP contribution in [-0.4, -0.2) is 18.6 Å². The minimum Gasteiger partial charge on any atom is -0.363 e. The van der Waals surface area contributed by atoms with E-state index in [1.807, 2.05) is 18.2 Å². The van der Waals surface area contributed by atoms with E-state index in [9.17, 15) is 4.79 Å². The molecule has 0 saturated heterocycles. The van der Waals surface area contributed by atoms with Crippen LogP contribution in [0.25, 0.3) is 0 Å². The summed E-state index contributed by atoms with van der Waals surface area (Å²) in [6, 6.07) is 8.44. The maximum absolute atomic E-state index is 12.0. The van der Waals surface area contributed by atoms with Crippen LogP contribution in [0.5, 0.6) is 0 Å². The smallest absolute Gasteiger partial charge is 0.253 e. The molecule has 1 unspecified atom stereocenters. The molecule has 1 aromatic carbocycles. The van der Waals surface area contributed by atoms with E-state index in [1.165, 1.54) is 5.56 Å². The van der Waals surface area contributed by atoms with Crippen molar-refractivity contribution in [1.29, 1.82) is 0 Å². The number of ether oxygens (including phenoxy) is 1. The number of hydrogen-bond donors (Lipinski definition) is 1. The monoisotopic (exact) mass is 217 g/mol. The number of nitrogens with one attached hydrogen (secondary N) is 1. The Bertz CT molecular complexity index is 412. The minimum atomic E-state index is -0.398. The first kappa shape index (κ1) is 9.85. The van der Waals surface area contributed by atoms with Gasteiger partial charge in [0, 0.05) is 6.04 Å². The molecule has 0 spiro atoms. The van der Waals surface area contributed by atoms with Gasteiger partial charge in [0.25, 0.3) is 5.91 Å². The summed E-state index contributed by atoms with van der Waals surface area (Å²) in [7, 11) is 0. The topological polar surface area (TPSA) is 38.3 Å². The van der Waals surface area contributed by atoms with Crippen LogP contribution in [0.15, 0.2) is 24.3 Å². The summed E-state index contributed by atoms with van der Waals surface area (Å²) in [6.07, 6.45) is 2.73. The summed E-state index contributed by atoms with van der Waals surface area (Å²) in [5.74, 6) is 0.0228. The van der Waals surface area contributed by atoms with E-state index < -0.39 is 6.10 Å². The first-order valence-electron chi connectivity index (χ1n) is 5.84. The van der Waals surface area contributed by atoms with Crippen molar-refractivity contribution in [3.63, 3.8) is 0 Å². The van der Waals surface area contributed by atoms with Crippen molar-refractivity contribution in [2.24, 2.45) is 0 Å². The molecule has 1 aromatic rings. The molecule has 1 saturated carbocycles. The van der Waals surface area contributed by atoms with Gasteiger partial charge in [-0.25, -0.2) is 0 Å². The first-order valence-corrected chi connectivity index (χ1v) is 5.84. The number of fused-ring (bicyclic) bond motifs is 1. The van der Waals surface area contributed by atoms with Crippen molar-refractivity contribution in [2.45, 2.75) is 31.4 Å². The summed E-state index contributed by atoms with van der Waals surface area (Å²) in [6.45, 7) is 0.639. The van der Waals surface area contributed by atoms with E-state index in [1.54, 1.807) is 0 Å². The van der Waals surface area contributed by atoms with Crippen molar-refractivity contribution >= 4 is 5.91 Å². The third kappa shape index (κ3) is 1.83. The quantitative estimate of drug-likeness (QED) is 0.816. The predicted molar refractivity (Wildman–Crippen MR) is 60.0 cm³/mol. The molecular weight excluding hydrogens is 202 g/mol. The van der Waals surface area contributed by atoms with Gasteiger partial charge in [-0.05, 0) is 30.4 Å². The van der Waals surface area contributed by atoms with Gasteiger partial charge in [-0.3, -0.25) is 4.79 Å². The first-order chi connectivity index (χ1) is 7.84. The largest absolute Gasteiger partial charge is 0.363 e. The zero-order valence-corrected chi connectivity index (χ0v) is 9.11. The lowest BCUT2D eigenvalue weighted by molar-refractivity contribution is -0.134. The molecule has 1 heterocycles. The van der Waals surface area contributed by atoms with Gasteiger partial charge in [-0.2, -0.15) is 0 Å². The Morgan fingerprint density at radius 3 is 2.94 bits per heavy atom. The van der Waals surface area contributed by atoms with E-state index in [4.69, 9.17) is 4.74 Å². The second kappa shape index (κ2) is 3.91. The summed E-state index contributed by atoms with van der Waals surface area (Å²) >= 11 is 0. The van der Waals surface area contributed by atoms with Gasteiger partial charge >= 0.3 is 0 Å². The number of benzene rings is 1. The molecule has 1 fully saturated rings. The van der Waals surface area contributed by atoms with Crippen molar-refractivity contribution in [3.8, 4) is 0 Å². The molecule has 84 valence electrons. The molecule has 3 heteroatoms. The van der Waals surface area contributed by atoms with E-state index in [2.05, 4.69) is 11.4 Å². The van der Waals surface area contributed by atoms with Crippen LogP contribution in [0.2, 0.25) is 0 Å². The molecule has 1 aliphatic heterocycles. The lowest BCUT2D eigenvalue weighted by atomic mass is 9.97. The minimum absolute atomic E-state index is 0.0228. The fraction of sp³-hybridized carbons (Fsp3) is 0.462. The van der Waals surface area contributed by atoms with Gasteiger partial charge in [0.05, 0.1) is 6.61 Å². The Morgan fingerprint density at radius 2 is 2.12 bits per heavy atom. The highest BCUT2D eigenvalue weighted by Gasteiger charge is 2.31. The van der Waals surface area contributed by atoms with Crippen LogP contribution in [-0.2, 0) is 16.0 Å². The van der Waals surface area contributed by atoms with Crippen molar-refractivity contribution in [2.75, 3.05) is 6.61 Å². The number of amides is 1. The van der Waals surface area contributed by atoms with E-state index in [-0.39, 0.29) is 5.91 Å². The molecule has 3 nitrogen and oxygen atoms in total. The van der Waals surface area contributed by atoms with Gasteiger partial charge in [-0.1, -0.05) is 24.3 Å². The average Bonchev–Trinajstić information content (AvgIpc) is 3.12. The fourth-order valence-electron chi connectivity index (χ4n) is 2.12. The molecule has 1 aliphatic carbocycles. The predicted octanol–water partition coefficient (Wildman–Crippen LogP) is 1.58. The van der Waals surface area contributed by atoms with Gasteiger partial charge in [-0.15, -0.1) is 0 Å². The molecule has 1 atom stereocenters. The fourth-order valence-corrected chi connectivity index (χ4v) is 2.12. The summed E-state index contributed by atoms with van der Waals surface area (Å²) in [4.78, 5) is 12.0. The normalized spacial score (nSPS) is 23.6. The van der Waals surface area contributed by atoms with Crippen LogP contribution in [0, 0.1) is 0 Å². The highest BCUT2D eigenvalue weighted by atomic mass is 16.5. The molecule has 3 rings (SSSR count).